The molecule has 0 aliphatic heterocycles. The van der Waals surface area contributed by atoms with Crippen molar-refractivity contribution in [3.8, 4) is 0 Å². The Balaban J connectivity index is 1.96. The molecule has 4 nitrogen and oxygen atoms in total. The number of ether oxygens (including phenoxy) is 1. The summed E-state index contributed by atoms with van der Waals surface area (Å²) in [7, 11) is 0. The van der Waals surface area contributed by atoms with E-state index in [0.29, 0.717) is 19.6 Å². The highest BCUT2D eigenvalue weighted by Gasteiger charge is 2.17. The Bertz CT molecular complexity index is 384. The number of carbonyl (C=O) groups excluding carboxylic acids is 1. The van der Waals surface area contributed by atoms with Crippen molar-refractivity contribution in [3.63, 3.8) is 0 Å². The Labute approximate surface area is 101 Å². The van der Waals surface area contributed by atoms with Crippen molar-refractivity contribution in [3.05, 3.63) is 23.5 Å². The fourth-order valence-electron chi connectivity index (χ4n) is 2.21. The molecule has 1 aromatic rings. The molecule has 0 saturated heterocycles. The van der Waals surface area contributed by atoms with Crippen LogP contribution in [-0.2, 0) is 17.7 Å². The molecule has 94 valence electrons. The van der Waals surface area contributed by atoms with Gasteiger partial charge < -0.3 is 14.4 Å². The van der Waals surface area contributed by atoms with E-state index in [2.05, 4.69) is 6.20 Å². The van der Waals surface area contributed by atoms with Crippen LogP contribution in [0.15, 0.2) is 12.4 Å². The summed E-state index contributed by atoms with van der Waals surface area (Å²) >= 11 is 0. The molecule has 0 atom stereocenters. The van der Waals surface area contributed by atoms with Crippen molar-refractivity contribution in [2.75, 3.05) is 19.8 Å². The van der Waals surface area contributed by atoms with Crippen molar-refractivity contribution in [2.24, 2.45) is 0 Å². The van der Waals surface area contributed by atoms with Crippen LogP contribution < -0.4 is 0 Å². The van der Waals surface area contributed by atoms with E-state index in [1.165, 1.54) is 5.56 Å². The smallest absolute Gasteiger partial charge is 0.164 e. The molecule has 1 heterocycles. The summed E-state index contributed by atoms with van der Waals surface area (Å²) in [4.78, 5) is 11.8. The second-order valence-corrected chi connectivity index (χ2v) is 4.40. The molecule has 17 heavy (non-hydrogen) atoms. The molecule has 1 aliphatic carbocycles. The summed E-state index contributed by atoms with van der Waals surface area (Å²) in [6.07, 6.45) is 7.78. The number of hydrogen-bond acceptors (Lipinski definition) is 3. The second kappa shape index (κ2) is 5.98. The third-order valence-electron chi connectivity index (χ3n) is 3.09. The quantitative estimate of drug-likeness (QED) is 0.622. The molecule has 0 fully saturated rings. The number of Topliss-reactive ketones (excluding diaryl/α,β-unsaturated/α-hetero) is 1. The minimum Gasteiger partial charge on any atom is -0.394 e. The van der Waals surface area contributed by atoms with Crippen LogP contribution in [0.2, 0.25) is 0 Å². The Morgan fingerprint density at radius 2 is 2.06 bits per heavy atom. The van der Waals surface area contributed by atoms with E-state index >= 15 is 0 Å². The van der Waals surface area contributed by atoms with Gasteiger partial charge in [0.1, 0.15) is 0 Å². The number of aliphatic hydroxyl groups excluding tert-OH is 1. The van der Waals surface area contributed by atoms with Crippen LogP contribution in [0.1, 0.15) is 35.2 Å². The standard InChI is InChI=1S/C13H19NO3/c15-6-8-17-7-5-14-9-11-3-1-2-4-13(16)12(11)10-14/h9-10,15H,1-8H2. The average molecular weight is 237 g/mol. The van der Waals surface area contributed by atoms with Crippen LogP contribution in [0.25, 0.3) is 0 Å². The summed E-state index contributed by atoms with van der Waals surface area (Å²) < 4.78 is 7.23. The van der Waals surface area contributed by atoms with Gasteiger partial charge in [0.25, 0.3) is 0 Å². The zero-order chi connectivity index (χ0) is 12.1. The van der Waals surface area contributed by atoms with Crippen LogP contribution in [-0.4, -0.2) is 35.3 Å². The largest absolute Gasteiger partial charge is 0.394 e. The highest BCUT2D eigenvalue weighted by atomic mass is 16.5. The van der Waals surface area contributed by atoms with Crippen molar-refractivity contribution in [2.45, 2.75) is 32.2 Å². The van der Waals surface area contributed by atoms with Gasteiger partial charge in [-0.15, -0.1) is 0 Å². The van der Waals surface area contributed by atoms with Gasteiger partial charge in [0, 0.05) is 30.9 Å². The minimum atomic E-state index is 0.0562. The lowest BCUT2D eigenvalue weighted by atomic mass is 10.1. The SMILES string of the molecule is O=C1CCCCc2cn(CCOCCO)cc21. The van der Waals surface area contributed by atoms with Gasteiger partial charge in [-0.05, 0) is 24.8 Å². The highest BCUT2D eigenvalue weighted by Crippen LogP contribution is 2.21. The zero-order valence-electron chi connectivity index (χ0n) is 10.0. The lowest BCUT2D eigenvalue weighted by Gasteiger charge is -2.03. The van der Waals surface area contributed by atoms with Gasteiger partial charge in [-0.25, -0.2) is 0 Å². The third kappa shape index (κ3) is 3.17. The van der Waals surface area contributed by atoms with E-state index in [9.17, 15) is 4.79 Å². The predicted molar refractivity (Wildman–Crippen MR) is 64.2 cm³/mol. The molecule has 2 rings (SSSR count). The molecular weight excluding hydrogens is 218 g/mol. The predicted octanol–water partition coefficient (Wildman–Crippen LogP) is 1.41. The third-order valence-corrected chi connectivity index (χ3v) is 3.09. The molecule has 1 aromatic heterocycles. The zero-order valence-corrected chi connectivity index (χ0v) is 10.0. The van der Waals surface area contributed by atoms with Crippen LogP contribution >= 0.6 is 0 Å². The van der Waals surface area contributed by atoms with Gasteiger partial charge in [0.15, 0.2) is 5.78 Å². The fraction of sp³-hybridized carbons (Fsp3) is 0.615. The number of carbonyl (C=O) groups is 1. The van der Waals surface area contributed by atoms with Crippen molar-refractivity contribution < 1.29 is 14.6 Å². The number of nitrogens with zero attached hydrogens (tertiary/aromatic N) is 1. The lowest BCUT2D eigenvalue weighted by Crippen LogP contribution is -2.07. The summed E-state index contributed by atoms with van der Waals surface area (Å²) in [6.45, 7) is 1.74. The Kier molecular flexibility index (Phi) is 4.34. The molecule has 0 spiro atoms. The summed E-state index contributed by atoms with van der Waals surface area (Å²) in [5.74, 6) is 0.271. The molecule has 0 radical (unpaired) electrons. The van der Waals surface area contributed by atoms with Gasteiger partial charge in [0.2, 0.25) is 0 Å². The fourth-order valence-corrected chi connectivity index (χ4v) is 2.21. The van der Waals surface area contributed by atoms with Gasteiger partial charge in [-0.1, -0.05) is 0 Å². The van der Waals surface area contributed by atoms with E-state index in [4.69, 9.17) is 9.84 Å². The molecule has 1 N–H and O–H groups in total. The van der Waals surface area contributed by atoms with Crippen LogP contribution in [0.5, 0.6) is 0 Å². The maximum atomic E-state index is 11.8. The van der Waals surface area contributed by atoms with Gasteiger partial charge in [0.05, 0.1) is 19.8 Å². The van der Waals surface area contributed by atoms with Crippen LogP contribution in [0.3, 0.4) is 0 Å². The highest BCUT2D eigenvalue weighted by molar-refractivity contribution is 5.97. The monoisotopic (exact) mass is 237 g/mol. The van der Waals surface area contributed by atoms with Gasteiger partial charge in [-0.2, -0.15) is 0 Å². The Morgan fingerprint density at radius 1 is 1.24 bits per heavy atom. The Hall–Kier alpha value is -1.13. The normalized spacial score (nSPS) is 15.7. The van der Waals surface area contributed by atoms with E-state index in [1.54, 1.807) is 0 Å². The number of aryl methyl sites for hydroxylation is 1. The van der Waals surface area contributed by atoms with Crippen LogP contribution in [0.4, 0.5) is 0 Å². The molecule has 0 unspecified atom stereocenters. The number of fused-ring (bicyclic) bond motifs is 1. The first-order valence-corrected chi connectivity index (χ1v) is 6.21. The average Bonchev–Trinajstić information content (AvgIpc) is 2.66. The number of hydrogen-bond donors (Lipinski definition) is 1. The molecule has 0 aromatic carbocycles. The second-order valence-electron chi connectivity index (χ2n) is 4.40. The minimum absolute atomic E-state index is 0.0562. The maximum absolute atomic E-state index is 11.8. The molecule has 0 amide bonds. The first kappa shape index (κ1) is 12.3. The summed E-state index contributed by atoms with van der Waals surface area (Å²) in [5.41, 5.74) is 2.07. The number of aliphatic hydroxyl groups is 1. The lowest BCUT2D eigenvalue weighted by molar-refractivity contribution is 0.0869. The van der Waals surface area contributed by atoms with Crippen molar-refractivity contribution in [1.29, 1.82) is 0 Å². The van der Waals surface area contributed by atoms with E-state index in [1.807, 2.05) is 10.8 Å². The molecule has 4 heteroatoms. The Morgan fingerprint density at radius 3 is 2.88 bits per heavy atom. The number of aromatic nitrogens is 1. The summed E-state index contributed by atoms with van der Waals surface area (Å²) in [6, 6.07) is 0. The first-order valence-electron chi connectivity index (χ1n) is 6.21. The first-order chi connectivity index (χ1) is 8.31. The molecule has 1 aliphatic rings. The van der Waals surface area contributed by atoms with Crippen LogP contribution in [0, 0.1) is 0 Å². The van der Waals surface area contributed by atoms with Crippen molar-refractivity contribution >= 4 is 5.78 Å². The molecule has 0 bridgehead atoms. The topological polar surface area (TPSA) is 51.5 Å². The maximum Gasteiger partial charge on any atom is 0.164 e. The molecular formula is C13H19NO3. The van der Waals surface area contributed by atoms with E-state index in [-0.39, 0.29) is 12.4 Å². The van der Waals surface area contributed by atoms with Gasteiger partial charge >= 0.3 is 0 Å². The van der Waals surface area contributed by atoms with E-state index in [0.717, 1.165) is 31.4 Å². The van der Waals surface area contributed by atoms with Gasteiger partial charge in [-0.3, -0.25) is 4.79 Å². The number of rotatable bonds is 5. The summed E-state index contributed by atoms with van der Waals surface area (Å²) in [5, 5.41) is 8.59. The molecule has 0 saturated carbocycles. The van der Waals surface area contributed by atoms with Crippen molar-refractivity contribution in [1.82, 2.24) is 4.57 Å². The van der Waals surface area contributed by atoms with E-state index < -0.39 is 0 Å². The number of ketones is 1.